The number of carbonyl (C=O) groups is 2. The lowest BCUT2D eigenvalue weighted by Crippen LogP contribution is -2.28. The van der Waals surface area contributed by atoms with Gasteiger partial charge in [-0.05, 0) is 103 Å². The molecule has 0 aromatic rings. The molecule has 5 heteroatoms. The minimum absolute atomic E-state index is 0.0876. The lowest BCUT2D eigenvalue weighted by molar-refractivity contribution is -0.161. The highest BCUT2D eigenvalue weighted by Crippen LogP contribution is 2.12. The van der Waals surface area contributed by atoms with E-state index in [1.807, 2.05) is 0 Å². The number of aliphatic hydroxyl groups excluding tert-OH is 1. The first kappa shape index (κ1) is 54.3. The summed E-state index contributed by atoms with van der Waals surface area (Å²) < 4.78 is 10.6. The SMILES string of the molecule is CC/C=C\C/C=C\C/C=C\C/C=C\C/C=C\C/C=C\C/C=C\CCCCCCCC(=O)OC(CO)COC(=O)CCCCCCCCC/C=C\C/C=C\C/C=C\CC. The summed E-state index contributed by atoms with van der Waals surface area (Å²) in [7, 11) is 0. The summed E-state index contributed by atoms with van der Waals surface area (Å²) in [5.74, 6) is -0.635. The van der Waals surface area contributed by atoms with Gasteiger partial charge in [0.25, 0.3) is 0 Å². The summed E-state index contributed by atoms with van der Waals surface area (Å²) in [5, 5.41) is 9.60. The van der Waals surface area contributed by atoms with E-state index in [4.69, 9.17) is 9.47 Å². The minimum atomic E-state index is -0.796. The smallest absolute Gasteiger partial charge is 0.306 e. The third-order valence-corrected chi connectivity index (χ3v) is 9.25. The van der Waals surface area contributed by atoms with Crippen molar-refractivity contribution in [3.05, 3.63) is 122 Å². The van der Waals surface area contributed by atoms with E-state index in [2.05, 4.69) is 135 Å². The van der Waals surface area contributed by atoms with Gasteiger partial charge in [0.05, 0.1) is 6.61 Å². The van der Waals surface area contributed by atoms with Crippen LogP contribution in [-0.4, -0.2) is 36.4 Å². The van der Waals surface area contributed by atoms with Crippen molar-refractivity contribution in [2.75, 3.05) is 13.2 Å². The van der Waals surface area contributed by atoms with E-state index < -0.39 is 6.10 Å². The fourth-order valence-corrected chi connectivity index (χ4v) is 5.84. The number of aliphatic hydroxyl groups is 1. The van der Waals surface area contributed by atoms with Gasteiger partial charge in [0, 0.05) is 12.8 Å². The van der Waals surface area contributed by atoms with Gasteiger partial charge < -0.3 is 14.6 Å². The summed E-state index contributed by atoms with van der Waals surface area (Å²) >= 11 is 0. The molecule has 326 valence electrons. The molecule has 0 fully saturated rings. The molecule has 1 atom stereocenters. The second-order valence-electron chi connectivity index (χ2n) is 14.7. The van der Waals surface area contributed by atoms with E-state index in [9.17, 15) is 14.7 Å². The number of ether oxygens (including phenoxy) is 2. The number of carbonyl (C=O) groups excluding carboxylic acids is 2. The van der Waals surface area contributed by atoms with E-state index in [0.717, 1.165) is 128 Å². The molecule has 5 nitrogen and oxygen atoms in total. The van der Waals surface area contributed by atoms with E-state index in [-0.39, 0.29) is 25.2 Å². The number of hydrogen-bond donors (Lipinski definition) is 1. The van der Waals surface area contributed by atoms with Crippen LogP contribution in [0.25, 0.3) is 0 Å². The van der Waals surface area contributed by atoms with E-state index >= 15 is 0 Å². The maximum absolute atomic E-state index is 12.2. The van der Waals surface area contributed by atoms with Crippen LogP contribution < -0.4 is 0 Å². The maximum atomic E-state index is 12.2. The molecular formula is C53H84O5. The number of rotatable bonds is 40. The quantitative estimate of drug-likeness (QED) is 0.0380. The van der Waals surface area contributed by atoms with E-state index in [1.165, 1.54) is 25.7 Å². The Morgan fingerprint density at radius 1 is 0.397 bits per heavy atom. The molecular weight excluding hydrogens is 717 g/mol. The molecule has 0 aliphatic heterocycles. The van der Waals surface area contributed by atoms with Gasteiger partial charge in [0.15, 0.2) is 6.10 Å². The van der Waals surface area contributed by atoms with Gasteiger partial charge in [0.2, 0.25) is 0 Å². The monoisotopic (exact) mass is 801 g/mol. The van der Waals surface area contributed by atoms with Gasteiger partial charge in [-0.2, -0.15) is 0 Å². The molecule has 0 saturated carbocycles. The minimum Gasteiger partial charge on any atom is -0.462 e. The van der Waals surface area contributed by atoms with Crippen LogP contribution in [0.3, 0.4) is 0 Å². The van der Waals surface area contributed by atoms with Crippen LogP contribution in [0.5, 0.6) is 0 Å². The highest BCUT2D eigenvalue weighted by atomic mass is 16.6. The summed E-state index contributed by atoms with van der Waals surface area (Å²) in [6.45, 7) is 3.87. The molecule has 0 heterocycles. The normalized spacial score (nSPS) is 13.4. The third-order valence-electron chi connectivity index (χ3n) is 9.25. The molecule has 0 aliphatic rings. The van der Waals surface area contributed by atoms with Crippen LogP contribution >= 0.6 is 0 Å². The molecule has 1 N–H and O–H groups in total. The zero-order valence-electron chi connectivity index (χ0n) is 37.0. The second-order valence-corrected chi connectivity index (χ2v) is 14.7. The average molecular weight is 801 g/mol. The average Bonchev–Trinajstić information content (AvgIpc) is 3.23. The number of hydrogen-bond acceptors (Lipinski definition) is 5. The Morgan fingerprint density at radius 3 is 1.03 bits per heavy atom. The molecule has 1 unspecified atom stereocenters. The summed E-state index contributed by atoms with van der Waals surface area (Å²) in [6.07, 6.45) is 69.8. The lowest BCUT2D eigenvalue weighted by atomic mass is 10.1. The molecule has 0 aromatic carbocycles. The first-order valence-electron chi connectivity index (χ1n) is 23.1. The van der Waals surface area contributed by atoms with Crippen LogP contribution in [0.4, 0.5) is 0 Å². The van der Waals surface area contributed by atoms with Gasteiger partial charge in [-0.3, -0.25) is 9.59 Å². The van der Waals surface area contributed by atoms with Crippen molar-refractivity contribution in [3.8, 4) is 0 Å². The van der Waals surface area contributed by atoms with Crippen LogP contribution in [-0.2, 0) is 19.1 Å². The fraction of sp³-hybridized carbons (Fsp3) is 0.585. The molecule has 0 rings (SSSR count). The molecule has 0 spiro atoms. The van der Waals surface area contributed by atoms with Crippen molar-refractivity contribution in [2.24, 2.45) is 0 Å². The second kappa shape index (κ2) is 47.7. The largest absolute Gasteiger partial charge is 0.462 e. The van der Waals surface area contributed by atoms with Gasteiger partial charge >= 0.3 is 11.9 Å². The van der Waals surface area contributed by atoms with Crippen molar-refractivity contribution < 1.29 is 24.2 Å². The molecule has 58 heavy (non-hydrogen) atoms. The Morgan fingerprint density at radius 2 is 0.690 bits per heavy atom. The highest BCUT2D eigenvalue weighted by molar-refractivity contribution is 5.70. The van der Waals surface area contributed by atoms with Crippen LogP contribution in [0, 0.1) is 0 Å². The first-order valence-corrected chi connectivity index (χ1v) is 23.1. The Balaban J connectivity index is 3.66. The van der Waals surface area contributed by atoms with E-state index in [0.29, 0.717) is 12.8 Å². The Bertz CT molecular complexity index is 1220. The topological polar surface area (TPSA) is 72.8 Å². The molecule has 0 radical (unpaired) electrons. The summed E-state index contributed by atoms with van der Waals surface area (Å²) in [6, 6.07) is 0. The van der Waals surface area contributed by atoms with Gasteiger partial charge in [-0.1, -0.05) is 187 Å². The molecule has 0 aliphatic carbocycles. The van der Waals surface area contributed by atoms with Crippen LogP contribution in [0.2, 0.25) is 0 Å². The van der Waals surface area contributed by atoms with Gasteiger partial charge in [-0.15, -0.1) is 0 Å². The summed E-state index contributed by atoms with van der Waals surface area (Å²) in [4.78, 5) is 24.4. The molecule has 0 bridgehead atoms. The molecule has 0 saturated heterocycles. The van der Waals surface area contributed by atoms with Crippen molar-refractivity contribution in [1.29, 1.82) is 0 Å². The van der Waals surface area contributed by atoms with Crippen LogP contribution in [0.15, 0.2) is 122 Å². The lowest BCUT2D eigenvalue weighted by Gasteiger charge is -2.15. The zero-order valence-corrected chi connectivity index (χ0v) is 37.0. The first-order chi connectivity index (χ1) is 28.6. The Hall–Kier alpha value is -3.70. The number of allylic oxidation sites excluding steroid dienone is 20. The maximum Gasteiger partial charge on any atom is 0.306 e. The van der Waals surface area contributed by atoms with Crippen molar-refractivity contribution >= 4 is 11.9 Å². The van der Waals surface area contributed by atoms with Gasteiger partial charge in [-0.25, -0.2) is 0 Å². The van der Waals surface area contributed by atoms with Crippen molar-refractivity contribution in [3.63, 3.8) is 0 Å². The fourth-order valence-electron chi connectivity index (χ4n) is 5.84. The standard InChI is InChI=1S/C53H84O5/c1-3-5-7-9-11-13-15-17-19-21-22-23-24-25-26-27-28-29-30-32-34-36-38-40-42-44-46-48-53(56)58-51(49-54)50-57-52(55)47-45-43-41-39-37-35-33-31-20-18-16-14-12-10-8-6-4-2/h5-8,11-14,17-20,22-23,25-26,28-29,32,34,51,54H,3-4,9-10,15-16,21,24,27,30-31,33,35-50H2,1-2H3/b7-5-,8-6-,13-11-,14-12-,19-17-,20-18-,23-22-,26-25-,29-28-,34-32-. The number of unbranched alkanes of at least 4 members (excludes halogenated alkanes) is 12. The molecule has 0 amide bonds. The van der Waals surface area contributed by atoms with Gasteiger partial charge in [0.1, 0.15) is 6.61 Å². The van der Waals surface area contributed by atoms with Crippen molar-refractivity contribution in [2.45, 2.75) is 187 Å². The predicted octanol–water partition coefficient (Wildman–Crippen LogP) is 15.2. The van der Waals surface area contributed by atoms with Crippen LogP contribution in [0.1, 0.15) is 181 Å². The Labute approximate surface area is 356 Å². The Kier molecular flexibility index (Phi) is 44.6. The van der Waals surface area contributed by atoms with E-state index in [1.54, 1.807) is 0 Å². The predicted molar refractivity (Wildman–Crippen MR) is 251 cm³/mol. The number of esters is 2. The zero-order chi connectivity index (χ0) is 42.1. The summed E-state index contributed by atoms with van der Waals surface area (Å²) in [5.41, 5.74) is 0. The molecule has 0 aromatic heterocycles. The third kappa shape index (κ3) is 45.0. The van der Waals surface area contributed by atoms with Crippen molar-refractivity contribution in [1.82, 2.24) is 0 Å². The highest BCUT2D eigenvalue weighted by Gasteiger charge is 2.16.